The molecular formula is C26H19FN4OS. The number of aryl methyl sites for hydroxylation is 1. The zero-order valence-electron chi connectivity index (χ0n) is 17.7. The van der Waals surface area contributed by atoms with Crippen molar-refractivity contribution in [3.8, 4) is 22.4 Å². The van der Waals surface area contributed by atoms with Crippen molar-refractivity contribution >= 4 is 45.0 Å². The Balaban J connectivity index is 1.58. The fourth-order valence-electron chi connectivity index (χ4n) is 3.68. The normalized spacial score (nSPS) is 10.8. The Bertz CT molecular complexity index is 1460. The van der Waals surface area contributed by atoms with Crippen molar-refractivity contribution in [3.05, 3.63) is 89.8 Å². The van der Waals surface area contributed by atoms with Gasteiger partial charge in [0.25, 0.3) is 0 Å². The summed E-state index contributed by atoms with van der Waals surface area (Å²) in [6.45, 7) is 1.75. The van der Waals surface area contributed by atoms with Crippen molar-refractivity contribution in [1.29, 1.82) is 0 Å². The number of nitrogens with zero attached hydrogens (tertiary/aromatic N) is 2. The van der Waals surface area contributed by atoms with Gasteiger partial charge in [0, 0.05) is 22.5 Å². The van der Waals surface area contributed by atoms with Crippen LogP contribution in [-0.4, -0.2) is 16.4 Å². The van der Waals surface area contributed by atoms with E-state index in [1.165, 1.54) is 6.07 Å². The van der Waals surface area contributed by atoms with Crippen LogP contribution in [0.3, 0.4) is 0 Å². The van der Waals surface area contributed by atoms with Gasteiger partial charge in [0.05, 0.1) is 33.3 Å². The van der Waals surface area contributed by atoms with Crippen LogP contribution >= 0.6 is 11.3 Å². The molecule has 1 amide bonds. The Kier molecular flexibility index (Phi) is 5.54. The highest BCUT2D eigenvalue weighted by molar-refractivity contribution is 7.16. The Morgan fingerprint density at radius 2 is 1.67 bits per heavy atom. The monoisotopic (exact) mass is 454 g/mol. The minimum Gasteiger partial charge on any atom is -0.354 e. The van der Waals surface area contributed by atoms with Gasteiger partial charge in [-0.3, -0.25) is 9.78 Å². The van der Waals surface area contributed by atoms with Crippen molar-refractivity contribution in [2.45, 2.75) is 6.92 Å². The van der Waals surface area contributed by atoms with Crippen LogP contribution in [0.1, 0.15) is 5.56 Å². The first-order valence-electron chi connectivity index (χ1n) is 10.3. The van der Waals surface area contributed by atoms with Crippen molar-refractivity contribution in [1.82, 2.24) is 9.97 Å². The zero-order valence-corrected chi connectivity index (χ0v) is 18.5. The quantitative estimate of drug-likeness (QED) is 0.277. The minimum absolute atomic E-state index is 0.239. The molecule has 33 heavy (non-hydrogen) atoms. The molecule has 5 rings (SSSR count). The third-order valence-electron chi connectivity index (χ3n) is 5.36. The fourth-order valence-corrected chi connectivity index (χ4v) is 4.40. The SMILES string of the molecule is Cc1cc(-c2ncc(Nc3ccc(NC=O)cc3)cc2-c2ccc3ncsc3c2)ccc1F. The summed E-state index contributed by atoms with van der Waals surface area (Å²) in [7, 11) is 0. The molecule has 0 unspecified atom stereocenters. The van der Waals surface area contributed by atoms with Gasteiger partial charge in [0.15, 0.2) is 0 Å². The number of rotatable bonds is 6. The van der Waals surface area contributed by atoms with Crippen LogP contribution in [0.15, 0.2) is 78.4 Å². The predicted molar refractivity (Wildman–Crippen MR) is 132 cm³/mol. The molecule has 2 aromatic heterocycles. The van der Waals surface area contributed by atoms with E-state index in [-0.39, 0.29) is 5.82 Å². The predicted octanol–water partition coefficient (Wildman–Crippen LogP) is 6.78. The number of carbonyl (C=O) groups excluding carboxylic acids is 1. The Labute approximate surface area is 194 Å². The number of carbonyl (C=O) groups is 1. The minimum atomic E-state index is -0.239. The van der Waals surface area contributed by atoms with Gasteiger partial charge in [-0.1, -0.05) is 6.07 Å². The molecule has 0 fully saturated rings. The molecule has 0 atom stereocenters. The largest absolute Gasteiger partial charge is 0.354 e. The molecular weight excluding hydrogens is 435 g/mol. The Hall–Kier alpha value is -4.10. The third-order valence-corrected chi connectivity index (χ3v) is 6.15. The van der Waals surface area contributed by atoms with Gasteiger partial charge in [-0.15, -0.1) is 11.3 Å². The molecule has 0 aliphatic heterocycles. The third kappa shape index (κ3) is 4.31. The standard InChI is InChI=1S/C26H19FN4OS/c1-16-10-18(2-8-23(16)27)26-22(17-3-9-24-25(11-17)33-15-30-24)12-21(13-28-26)31-20-6-4-19(5-7-20)29-14-32/h2-15,31H,1H3,(H,29,32). The summed E-state index contributed by atoms with van der Waals surface area (Å²) >= 11 is 1.59. The second-order valence-corrected chi connectivity index (χ2v) is 8.47. The summed E-state index contributed by atoms with van der Waals surface area (Å²) in [5.41, 5.74) is 9.31. The smallest absolute Gasteiger partial charge is 0.211 e. The highest BCUT2D eigenvalue weighted by atomic mass is 32.1. The summed E-state index contributed by atoms with van der Waals surface area (Å²) in [6, 6.07) is 20.6. The van der Waals surface area contributed by atoms with Crippen molar-refractivity contribution in [3.63, 3.8) is 0 Å². The van der Waals surface area contributed by atoms with E-state index in [4.69, 9.17) is 4.98 Å². The van der Waals surface area contributed by atoms with Gasteiger partial charge in [0.2, 0.25) is 6.41 Å². The number of halogens is 1. The van der Waals surface area contributed by atoms with Crippen LogP contribution in [-0.2, 0) is 4.79 Å². The molecule has 2 heterocycles. The van der Waals surface area contributed by atoms with Gasteiger partial charge in [-0.25, -0.2) is 9.37 Å². The van der Waals surface area contributed by atoms with E-state index in [0.29, 0.717) is 17.7 Å². The second-order valence-electron chi connectivity index (χ2n) is 7.58. The van der Waals surface area contributed by atoms with Crippen LogP contribution in [0.5, 0.6) is 0 Å². The molecule has 0 saturated carbocycles. The van der Waals surface area contributed by atoms with Gasteiger partial charge in [-0.2, -0.15) is 0 Å². The number of benzene rings is 3. The van der Waals surface area contributed by atoms with Crippen molar-refractivity contribution in [2.24, 2.45) is 0 Å². The lowest BCUT2D eigenvalue weighted by Gasteiger charge is -2.14. The van der Waals surface area contributed by atoms with Gasteiger partial charge in [-0.05, 0) is 78.7 Å². The first-order chi connectivity index (χ1) is 16.1. The molecule has 0 aliphatic carbocycles. The lowest BCUT2D eigenvalue weighted by atomic mass is 9.97. The summed E-state index contributed by atoms with van der Waals surface area (Å²) in [5, 5.41) is 5.99. The number of hydrogen-bond donors (Lipinski definition) is 2. The molecule has 7 heteroatoms. The van der Waals surface area contributed by atoms with Crippen LogP contribution in [0.25, 0.3) is 32.6 Å². The lowest BCUT2D eigenvalue weighted by molar-refractivity contribution is -0.105. The van der Waals surface area contributed by atoms with Gasteiger partial charge < -0.3 is 10.6 Å². The fraction of sp³-hybridized carbons (Fsp3) is 0.0385. The number of hydrogen-bond acceptors (Lipinski definition) is 5. The van der Waals surface area contributed by atoms with Gasteiger partial charge in [0.1, 0.15) is 5.82 Å². The molecule has 5 aromatic rings. The lowest BCUT2D eigenvalue weighted by Crippen LogP contribution is -1.97. The molecule has 5 nitrogen and oxygen atoms in total. The van der Waals surface area contributed by atoms with E-state index in [0.717, 1.165) is 44.0 Å². The van der Waals surface area contributed by atoms with Crippen LogP contribution in [0.4, 0.5) is 21.5 Å². The molecule has 2 N–H and O–H groups in total. The highest BCUT2D eigenvalue weighted by Crippen LogP contribution is 2.36. The summed E-state index contributed by atoms with van der Waals surface area (Å²) < 4.78 is 15.0. The Morgan fingerprint density at radius 1 is 0.879 bits per heavy atom. The Morgan fingerprint density at radius 3 is 2.45 bits per heavy atom. The maximum absolute atomic E-state index is 13.9. The highest BCUT2D eigenvalue weighted by Gasteiger charge is 2.13. The molecule has 3 aromatic carbocycles. The van der Waals surface area contributed by atoms with Crippen molar-refractivity contribution < 1.29 is 9.18 Å². The molecule has 0 aliphatic rings. The summed E-state index contributed by atoms with van der Waals surface area (Å²) in [5.74, 6) is -0.239. The average Bonchev–Trinajstić information content (AvgIpc) is 3.30. The first-order valence-corrected chi connectivity index (χ1v) is 11.2. The number of thiazole rings is 1. The molecule has 0 spiro atoms. The molecule has 0 bridgehead atoms. The number of aromatic nitrogens is 2. The van der Waals surface area contributed by atoms with Crippen LogP contribution in [0.2, 0.25) is 0 Å². The number of amides is 1. The van der Waals surface area contributed by atoms with E-state index in [1.807, 2.05) is 54.0 Å². The number of pyridine rings is 1. The number of nitrogens with one attached hydrogen (secondary N) is 2. The number of anilines is 3. The maximum Gasteiger partial charge on any atom is 0.211 e. The van der Waals surface area contributed by atoms with E-state index in [1.54, 1.807) is 30.5 Å². The van der Waals surface area contributed by atoms with Gasteiger partial charge >= 0.3 is 0 Å². The van der Waals surface area contributed by atoms with E-state index >= 15 is 0 Å². The summed E-state index contributed by atoms with van der Waals surface area (Å²) in [6.07, 6.45) is 2.41. The molecule has 0 saturated heterocycles. The van der Waals surface area contributed by atoms with Crippen molar-refractivity contribution in [2.75, 3.05) is 10.6 Å². The topological polar surface area (TPSA) is 66.9 Å². The summed E-state index contributed by atoms with van der Waals surface area (Å²) in [4.78, 5) is 19.7. The maximum atomic E-state index is 13.9. The second kappa shape index (κ2) is 8.80. The average molecular weight is 455 g/mol. The first kappa shape index (κ1) is 20.8. The van der Waals surface area contributed by atoms with E-state index in [9.17, 15) is 9.18 Å². The number of fused-ring (bicyclic) bond motifs is 1. The van der Waals surface area contributed by atoms with Crippen LogP contribution in [0, 0.1) is 12.7 Å². The van der Waals surface area contributed by atoms with Crippen LogP contribution < -0.4 is 10.6 Å². The molecule has 162 valence electrons. The molecule has 0 radical (unpaired) electrons. The van der Waals surface area contributed by atoms with E-state index in [2.05, 4.69) is 21.7 Å². The van der Waals surface area contributed by atoms with E-state index < -0.39 is 0 Å². The zero-order chi connectivity index (χ0) is 22.8.